The molecule has 0 aromatic heterocycles. The highest BCUT2D eigenvalue weighted by Crippen LogP contribution is 2.48. The zero-order valence-corrected chi connectivity index (χ0v) is 115. The molecule has 922 valence electrons. The fraction of sp³-hybridized carbons (Fsp3) is 1.00. The average molecular weight is 2500 g/mol. The quantitative estimate of drug-likeness (QED) is 0.0220. The molecule has 45 nitrogen and oxygen atoms in total. The predicted molar refractivity (Wildman–Crippen MR) is 628 cm³/mol. The van der Waals surface area contributed by atoms with Crippen molar-refractivity contribution in [2.45, 2.75) is 128 Å². The zero-order valence-electron chi connectivity index (χ0n) is 100. The Morgan fingerprint density at radius 2 is 0.473 bits per heavy atom. The molecular formula is C86H223O45P17. The second-order valence-electron chi connectivity index (χ2n) is 35.6. The van der Waals surface area contributed by atoms with Crippen LogP contribution < -0.4 is 0 Å². The number of hydrogen-bond donors (Lipinski definition) is 7. The standard InChI is InChI=1S/2C7H17O5P.C6H15O4P.C6H15O3P.C6H15O2P.C6H15OP.C5H13O5P.3C5H13O3P.2C5H13O2P.C5H13OP.C4H11O2P.C3H9O2P.2C3H9OP/c1-9-4-5-11-6-7-12-13(3,8)10-2;1-3-11-13(2,9)12-7-6-10-5-4-8;1-11(2,8)10-6-5-9-4-3-7;1-4-8-5-6-9-10(2,3)7;1-4-5-6-8-9(2,3)7;1-4-6-8(3,7)5-2;1-11(8,9-4-2-6)10-5-3-7;1-7-4-5-8-9(2,3)6;1-9(8,4-2-6)5-3-7;1-4-7-9(3,6)8-5-2;1-5(2)7-8(3,4)6;1-4-5-7-8(2,3)6;1-4-5-7(2,3)6;1-4-6-7(2,3)5;1-3-6(2,4)5;2*1-5(2,3)4/h4-7H2,1-3H3;8H,3-7H2,1-2H3;7H,3-6H2,1-2H3;4-6H2,1-3H3;4-6H2,1-3H3;4-6H2,1-3H3;6-7H,2-5H2,1H3;4-5H2,1-3H3;6-7H,2-5H2,1H3;4-5H2,1-3H3;5H,1-4H3;4-5H2,1-3H3;4-5H2,1-3H3;4H2,1-3H3;3H2,1-2H3,(H,4,5);2*1-3H3. The number of aliphatic hydroxyl groups is 6. The molecule has 0 aromatic carbocycles. The van der Waals surface area contributed by atoms with Gasteiger partial charge in [-0.1, -0.05) is 48.0 Å². The van der Waals surface area contributed by atoms with Crippen LogP contribution in [0.15, 0.2) is 0 Å². The molecule has 0 saturated carbocycles. The van der Waals surface area contributed by atoms with Crippen molar-refractivity contribution in [2.24, 2.45) is 0 Å². The molecule has 0 fully saturated rings. The van der Waals surface area contributed by atoms with Crippen molar-refractivity contribution in [3.8, 4) is 0 Å². The normalized spacial score (nSPS) is 13.2. The minimum atomic E-state index is -3.05. The lowest BCUT2D eigenvalue weighted by molar-refractivity contribution is 0.0519. The number of aliphatic hydroxyl groups excluding tert-OH is 6. The van der Waals surface area contributed by atoms with Gasteiger partial charge in [-0.2, -0.15) is 0 Å². The molecule has 148 heavy (non-hydrogen) atoms. The van der Waals surface area contributed by atoms with E-state index in [2.05, 4.69) is 34.3 Å². The predicted octanol–water partition coefficient (Wildman–Crippen LogP) is 22.6. The maximum atomic E-state index is 11.3. The van der Waals surface area contributed by atoms with Gasteiger partial charge in [0.2, 0.25) is 0 Å². The molecule has 0 bridgehead atoms. The molecular weight excluding hydrogens is 2280 g/mol. The van der Waals surface area contributed by atoms with Crippen molar-refractivity contribution >= 4 is 125 Å². The number of methoxy groups -OCH3 is 2. The second kappa shape index (κ2) is 116. The first-order chi connectivity index (χ1) is 66.6. The minimum absolute atomic E-state index is 0.00983. The summed E-state index contributed by atoms with van der Waals surface area (Å²) in [6.45, 7) is 80.4. The summed E-state index contributed by atoms with van der Waals surface area (Å²) in [5.41, 5.74) is 0. The molecule has 0 radical (unpaired) electrons. The van der Waals surface area contributed by atoms with E-state index in [4.69, 9.17) is 118 Å². The molecule has 0 aromatic rings. The molecule has 0 aliphatic carbocycles. The number of hydrogen-bond acceptors (Lipinski definition) is 44. The Labute approximate surface area is 900 Å². The molecule has 4 atom stereocenters. The van der Waals surface area contributed by atoms with Crippen LogP contribution in [-0.4, -0.2) is 485 Å². The van der Waals surface area contributed by atoms with Crippen molar-refractivity contribution in [1.82, 2.24) is 0 Å². The number of ether oxygens (including phenoxy) is 6. The summed E-state index contributed by atoms with van der Waals surface area (Å²) in [5.74, 6) is 0. The highest BCUT2D eigenvalue weighted by atomic mass is 31.2. The van der Waals surface area contributed by atoms with Crippen LogP contribution in [0, 0.1) is 0 Å². The third-order valence-corrected chi connectivity index (χ3v) is 31.7. The van der Waals surface area contributed by atoms with Gasteiger partial charge in [-0.25, -0.2) is 0 Å². The van der Waals surface area contributed by atoms with Gasteiger partial charge >= 0.3 is 30.4 Å². The third kappa shape index (κ3) is 280. The molecule has 0 aliphatic rings. The third-order valence-electron chi connectivity index (χ3n) is 12.7. The Morgan fingerprint density at radius 3 is 0.669 bits per heavy atom. The Hall–Kier alpha value is 2.79. The van der Waals surface area contributed by atoms with Crippen molar-refractivity contribution in [2.75, 3.05) is 443 Å². The van der Waals surface area contributed by atoms with Crippen LogP contribution in [0.5, 0.6) is 0 Å². The Kier molecular flexibility index (Phi) is 149. The number of unbranched alkanes of at least 4 members (excludes halogenated alkanes) is 1. The summed E-state index contributed by atoms with van der Waals surface area (Å²) in [7, 11) is -34.1. The van der Waals surface area contributed by atoms with Gasteiger partial charge in [-0.15, -0.1) is 0 Å². The first-order valence-corrected chi connectivity index (χ1v) is 90.2. The Morgan fingerprint density at radius 1 is 0.223 bits per heavy atom. The van der Waals surface area contributed by atoms with E-state index in [0.717, 1.165) is 50.6 Å². The first kappa shape index (κ1) is 189. The Balaban J connectivity index is -0.0000000826. The van der Waals surface area contributed by atoms with Gasteiger partial charge in [-0.3, -0.25) is 54.8 Å². The SMILES string of the molecule is CC(C)OP(C)(C)=O.CCCCOP(C)(C)=O.CCCOP(C)(C)=O.CCCP(C)(=O)CC.CCCP(C)(C)=O.CCOCCOP(C)(C)=O.CCOP(C)(=O)OCC.CCOP(C)(=O)OCCOCCO.CCOP(C)(C)=O.CCP(C)(=O)O.COCCOCCOP(C)(=O)OC.COCCOP(C)(C)=O.CP(=O)(CCO)CCO.CP(=O)(OCCO)OCCO.CP(C)(=O)OCCOCCO.CP(C)(C)=O.CP(C)(C)=O. The largest absolute Gasteiger partial charge is 0.396 e. The summed E-state index contributed by atoms with van der Waals surface area (Å²) in [6.07, 6.45) is 8.94. The van der Waals surface area contributed by atoms with Crippen LogP contribution >= 0.6 is 125 Å². The highest BCUT2D eigenvalue weighted by Gasteiger charge is 2.20. The smallest absolute Gasteiger partial charge is 0.327 e. The van der Waals surface area contributed by atoms with Gasteiger partial charge in [0, 0.05) is 199 Å². The van der Waals surface area contributed by atoms with Crippen LogP contribution in [0.2, 0.25) is 0 Å². The van der Waals surface area contributed by atoms with Crippen molar-refractivity contribution in [1.29, 1.82) is 0 Å². The zero-order chi connectivity index (χ0) is 121. The van der Waals surface area contributed by atoms with E-state index in [1.807, 2.05) is 61.5 Å². The summed E-state index contributed by atoms with van der Waals surface area (Å²) in [6, 6.07) is 0. The summed E-state index contributed by atoms with van der Waals surface area (Å²) in [5, 5.41) is 50.0. The van der Waals surface area contributed by atoms with Gasteiger partial charge in [0.05, 0.1) is 214 Å². The number of rotatable bonds is 62. The Bertz CT molecular complexity index is 3560. The van der Waals surface area contributed by atoms with Crippen molar-refractivity contribution in [3.05, 3.63) is 0 Å². The van der Waals surface area contributed by atoms with Gasteiger partial charge in [0.25, 0.3) is 0 Å². The van der Waals surface area contributed by atoms with E-state index in [1.165, 1.54) is 40.4 Å². The van der Waals surface area contributed by atoms with Crippen LogP contribution in [0.4, 0.5) is 0 Å². The van der Waals surface area contributed by atoms with Crippen LogP contribution in [0.3, 0.4) is 0 Å². The average Bonchev–Trinajstić information content (AvgIpc) is 0.948. The molecule has 62 heteroatoms. The molecule has 0 saturated heterocycles. The molecule has 0 rings (SSSR count). The van der Waals surface area contributed by atoms with E-state index in [-0.39, 0.29) is 78.8 Å². The van der Waals surface area contributed by atoms with E-state index in [0.29, 0.717) is 137 Å². The highest BCUT2D eigenvalue weighted by molar-refractivity contribution is 7.64. The lowest BCUT2D eigenvalue weighted by Gasteiger charge is -2.12. The van der Waals surface area contributed by atoms with Gasteiger partial charge in [0.1, 0.15) is 0 Å². The fourth-order valence-electron chi connectivity index (χ4n) is 6.76. The van der Waals surface area contributed by atoms with E-state index >= 15 is 0 Å². The molecule has 0 heterocycles. The lowest BCUT2D eigenvalue weighted by Crippen LogP contribution is -2.07. The maximum Gasteiger partial charge on any atom is 0.327 e. The van der Waals surface area contributed by atoms with Gasteiger partial charge in [-0.05, 0) is 147 Å². The van der Waals surface area contributed by atoms with Gasteiger partial charge < -0.3 is 155 Å². The molecule has 7 N–H and O–H groups in total. The molecule has 0 amide bonds. The summed E-state index contributed by atoms with van der Waals surface area (Å²) < 4.78 is 286. The van der Waals surface area contributed by atoms with Crippen molar-refractivity contribution in [3.63, 3.8) is 0 Å². The molecule has 0 aliphatic heterocycles. The van der Waals surface area contributed by atoms with Crippen LogP contribution in [-0.2, 0) is 174 Å². The van der Waals surface area contributed by atoms with Crippen molar-refractivity contribution < 1.29 is 209 Å². The summed E-state index contributed by atoms with van der Waals surface area (Å²) >= 11 is 0. The molecule has 4 unspecified atom stereocenters. The van der Waals surface area contributed by atoms with Crippen LogP contribution in [0.25, 0.3) is 0 Å². The fourth-order valence-corrected chi connectivity index (χ4v) is 17.9. The topological polar surface area (TPSA) is 626 Å². The lowest BCUT2D eigenvalue weighted by atomic mass is 10.4. The maximum absolute atomic E-state index is 11.3. The minimum Gasteiger partial charge on any atom is -0.396 e. The van der Waals surface area contributed by atoms with E-state index in [9.17, 15) is 77.6 Å². The van der Waals surface area contributed by atoms with Gasteiger partial charge in [0.15, 0.2) is 59.0 Å². The van der Waals surface area contributed by atoms with E-state index < -0.39 is 125 Å². The summed E-state index contributed by atoms with van der Waals surface area (Å²) in [4.78, 5) is 8.38. The monoisotopic (exact) mass is 2500 g/mol. The van der Waals surface area contributed by atoms with E-state index in [1.54, 1.807) is 182 Å². The second-order valence-corrected chi connectivity index (χ2v) is 84.3. The molecule has 0 spiro atoms. The van der Waals surface area contributed by atoms with Crippen LogP contribution in [0.1, 0.15) is 122 Å². The first-order valence-electron chi connectivity index (χ1n) is 48.3.